The summed E-state index contributed by atoms with van der Waals surface area (Å²) in [7, 11) is 0. The first kappa shape index (κ1) is 87.1. The van der Waals surface area contributed by atoms with Crippen molar-refractivity contribution < 1.29 is 18.9 Å². The standard InChI is InChI=1S/C37H25NO.3C35H23NO/c1-3-9-25(10-4-1)27-17-20-31(21-18-27)38-33-22-19-29(26-11-5-2-6-12-26)24-35(33)39-37-32-16-8-14-28-13-7-15-30(36(28)32)23-34(37)38;1-2-13-28-23(8-1)9-6-14-29(28)24-18-20-27(21-19-24)36-31-16-3-4-17-33(31)37-35-30-15-7-11-25-10-5-12-26(34(25)30)22-32(35)36;1-2-9-23(10-3-1)26-19-20-31-33(22-26)37-35-29-17-7-14-25-13-6-15-27(34(25)29)21-32(35)36(31)30-18-8-12-24-11-4-5-16-28(24)30;1-2-8-23(9-3-1)27-17-19-31-33(22-27)37-35-30-15-7-13-25-12-6-14-28(34(25)30)21-32(35)36(31)29-18-16-24-10-4-5-11-26(24)20-29/h1-15,17-24H,16H2;1-14,16-22H,15H2;1-16,18-22H,17H2;1-14,16-22H,15H2. The number of hydrogen-bond donors (Lipinski definition) is 0. The van der Waals surface area contributed by atoms with Crippen molar-refractivity contribution in [2.24, 2.45) is 0 Å². The highest BCUT2D eigenvalue weighted by Gasteiger charge is 2.38. The first-order chi connectivity index (χ1) is 74.4. The molecule has 4 aliphatic carbocycles. The van der Waals surface area contributed by atoms with Crippen LogP contribution >= 0.6 is 0 Å². The van der Waals surface area contributed by atoms with Crippen LogP contribution in [-0.4, -0.2) is 0 Å². The molecule has 24 aromatic carbocycles. The van der Waals surface area contributed by atoms with E-state index >= 15 is 0 Å². The van der Waals surface area contributed by atoms with Gasteiger partial charge in [0.15, 0.2) is 46.0 Å². The molecule has 0 bridgehead atoms. The molecule has 0 unspecified atom stereocenters. The molecule has 0 amide bonds. The first-order valence-electron chi connectivity index (χ1n) is 51.7. The van der Waals surface area contributed by atoms with Crippen LogP contribution in [0.2, 0.25) is 0 Å². The molecular weight excluding hydrogens is 1830 g/mol. The van der Waals surface area contributed by atoms with Crippen LogP contribution in [0.4, 0.5) is 68.2 Å². The molecule has 8 heteroatoms. The molecule has 150 heavy (non-hydrogen) atoms. The number of nitrogens with zero attached hydrogens (tertiary/aromatic N) is 4. The molecule has 24 aromatic rings. The molecule has 0 saturated carbocycles. The van der Waals surface area contributed by atoms with E-state index in [1.165, 1.54) is 159 Å². The molecule has 0 N–H and O–H groups in total. The van der Waals surface area contributed by atoms with E-state index in [0.29, 0.717) is 0 Å². The van der Waals surface area contributed by atoms with E-state index in [1.54, 1.807) is 0 Å². The maximum absolute atomic E-state index is 6.85. The van der Waals surface area contributed by atoms with E-state index in [2.05, 4.69) is 535 Å². The van der Waals surface area contributed by atoms with Crippen LogP contribution in [0, 0.1) is 0 Å². The Kier molecular flexibility index (Phi) is 21.1. The van der Waals surface area contributed by atoms with Crippen molar-refractivity contribution in [2.75, 3.05) is 19.6 Å². The van der Waals surface area contributed by atoms with Gasteiger partial charge in [-0.25, -0.2) is 0 Å². The maximum atomic E-state index is 6.85. The van der Waals surface area contributed by atoms with Crippen LogP contribution < -0.4 is 38.5 Å². The lowest BCUT2D eigenvalue weighted by atomic mass is 9.90. The van der Waals surface area contributed by atoms with Crippen LogP contribution in [0.1, 0.15) is 44.5 Å². The van der Waals surface area contributed by atoms with Gasteiger partial charge in [-0.15, -0.1) is 0 Å². The Bertz CT molecular complexity index is 9760. The predicted octanol–water partition coefficient (Wildman–Crippen LogP) is 39.7. The highest BCUT2D eigenvalue weighted by molar-refractivity contribution is 6.11. The molecule has 0 saturated heterocycles. The van der Waals surface area contributed by atoms with E-state index in [9.17, 15) is 0 Å². The Morgan fingerprint density at radius 3 is 0.900 bits per heavy atom. The molecule has 0 radical (unpaired) electrons. The smallest absolute Gasteiger partial charge is 0.155 e. The second kappa shape index (κ2) is 36.3. The summed E-state index contributed by atoms with van der Waals surface area (Å²) in [4.78, 5) is 9.48. The van der Waals surface area contributed by atoms with E-state index in [4.69, 9.17) is 18.9 Å². The van der Waals surface area contributed by atoms with Crippen molar-refractivity contribution in [3.05, 3.63) is 542 Å². The monoisotopic (exact) mass is 1920 g/mol. The maximum Gasteiger partial charge on any atom is 0.155 e. The molecule has 0 atom stereocenters. The summed E-state index contributed by atoms with van der Waals surface area (Å²) in [6.07, 6.45) is 21.3. The Labute approximate surface area is 869 Å². The van der Waals surface area contributed by atoms with Gasteiger partial charge in [0, 0.05) is 44.7 Å². The van der Waals surface area contributed by atoms with Crippen molar-refractivity contribution in [2.45, 2.75) is 25.7 Å². The van der Waals surface area contributed by atoms with Crippen molar-refractivity contribution in [3.63, 3.8) is 0 Å². The molecular formula is C142H94N4O4. The molecule has 32 rings (SSSR count). The Morgan fingerprint density at radius 2 is 0.453 bits per heavy atom. The lowest BCUT2D eigenvalue weighted by molar-refractivity contribution is 0.473. The highest BCUT2D eigenvalue weighted by Crippen LogP contribution is 2.62. The second-order valence-electron chi connectivity index (χ2n) is 39.4. The Balaban J connectivity index is 0.0000000939. The lowest BCUT2D eigenvalue weighted by Crippen LogP contribution is -2.17. The minimum Gasteiger partial charge on any atom is -0.453 e. The Hall–Kier alpha value is -19.5. The van der Waals surface area contributed by atoms with Gasteiger partial charge in [-0.2, -0.15) is 0 Å². The summed E-state index contributed by atoms with van der Waals surface area (Å²) in [5, 5.41) is 17.6. The third kappa shape index (κ3) is 15.0. The van der Waals surface area contributed by atoms with E-state index in [0.717, 1.165) is 157 Å². The first-order valence-corrected chi connectivity index (χ1v) is 51.7. The van der Waals surface area contributed by atoms with Crippen LogP contribution in [-0.2, 0) is 25.7 Å². The van der Waals surface area contributed by atoms with Crippen LogP contribution in [0.15, 0.2) is 497 Å². The van der Waals surface area contributed by atoms with Crippen molar-refractivity contribution >= 4 is 168 Å². The van der Waals surface area contributed by atoms with Gasteiger partial charge in [-0.1, -0.05) is 407 Å². The van der Waals surface area contributed by atoms with Gasteiger partial charge in [-0.05, 0) is 289 Å². The fourth-order valence-corrected chi connectivity index (χ4v) is 23.8. The fourth-order valence-electron chi connectivity index (χ4n) is 23.8. The average molecular weight is 1920 g/mol. The molecule has 0 fully saturated rings. The number of hydrogen-bond acceptors (Lipinski definition) is 8. The van der Waals surface area contributed by atoms with Crippen molar-refractivity contribution in [1.82, 2.24) is 0 Å². The quantitative estimate of drug-likeness (QED) is 0.142. The van der Waals surface area contributed by atoms with Gasteiger partial charge in [0.1, 0.15) is 0 Å². The molecule has 8 nitrogen and oxygen atoms in total. The van der Waals surface area contributed by atoms with Crippen LogP contribution in [0.5, 0.6) is 46.0 Å². The molecule has 0 spiro atoms. The lowest BCUT2D eigenvalue weighted by Gasteiger charge is -2.36. The largest absolute Gasteiger partial charge is 0.453 e. The second-order valence-corrected chi connectivity index (χ2v) is 39.4. The zero-order chi connectivity index (χ0) is 98.8. The zero-order valence-electron chi connectivity index (χ0n) is 81.9. The number of benzene rings is 24. The summed E-state index contributed by atoms with van der Waals surface area (Å²) in [5.74, 6) is 7.33. The summed E-state index contributed by atoms with van der Waals surface area (Å²) in [6, 6.07) is 169. The van der Waals surface area contributed by atoms with Crippen LogP contribution in [0.25, 0.3) is 155 Å². The van der Waals surface area contributed by atoms with Gasteiger partial charge in [0.25, 0.3) is 0 Å². The molecule has 706 valence electrons. The van der Waals surface area contributed by atoms with Crippen LogP contribution in [0.3, 0.4) is 0 Å². The minimum atomic E-state index is 0.852. The zero-order valence-corrected chi connectivity index (χ0v) is 81.9. The highest BCUT2D eigenvalue weighted by atomic mass is 16.5. The van der Waals surface area contributed by atoms with Gasteiger partial charge in [-0.3, -0.25) is 0 Å². The normalized spacial score (nSPS) is 13.3. The molecule has 8 aliphatic rings. The molecule has 0 aromatic heterocycles. The van der Waals surface area contributed by atoms with Gasteiger partial charge >= 0.3 is 0 Å². The third-order valence-electron chi connectivity index (χ3n) is 30.7. The number of anilines is 12. The minimum absolute atomic E-state index is 0.852. The summed E-state index contributed by atoms with van der Waals surface area (Å²) in [5.41, 5.74) is 35.0. The predicted molar refractivity (Wildman–Crippen MR) is 625 cm³/mol. The third-order valence-corrected chi connectivity index (χ3v) is 30.7. The summed E-state index contributed by atoms with van der Waals surface area (Å²) >= 11 is 0. The van der Waals surface area contributed by atoms with E-state index in [-0.39, 0.29) is 0 Å². The summed E-state index contributed by atoms with van der Waals surface area (Å²) in [6.45, 7) is 0. The number of ether oxygens (including phenoxy) is 4. The number of allylic oxidation sites excluding steroid dienone is 4. The van der Waals surface area contributed by atoms with Gasteiger partial charge in [0.05, 0.1) is 51.2 Å². The van der Waals surface area contributed by atoms with Crippen molar-refractivity contribution in [3.8, 4) is 102 Å². The van der Waals surface area contributed by atoms with E-state index in [1.807, 2.05) is 6.07 Å². The van der Waals surface area contributed by atoms with Gasteiger partial charge in [0.2, 0.25) is 0 Å². The number of para-hydroxylation sites is 2. The number of rotatable bonds is 9. The fraction of sp³-hybridized carbons (Fsp3) is 0.0282. The van der Waals surface area contributed by atoms with Crippen molar-refractivity contribution in [1.29, 1.82) is 0 Å². The molecule has 4 heterocycles. The SMILES string of the molecule is C1=Cc2cccc3cc4c(c(c23)C1)Oc1cc(-c2ccccc2)ccc1N4c1ccc(-c2ccccc2)cc1.C1=Cc2cccc3cc4c(c(c23)C1)Oc1cc(-c2ccccc2)ccc1N4c1ccc2ccccc2c1.C1=Cc2cccc3cc4c(c(c23)C1)Oc1cc(-c2ccccc2)ccc1N4c1cccc2ccccc12.C1=Cc2cccc3cc4c(c(c23)C1)Oc1ccccc1N4c1ccc(-c2cccc3ccccc23)cc1. The van der Waals surface area contributed by atoms with Gasteiger partial charge < -0.3 is 38.5 Å². The van der Waals surface area contributed by atoms with E-state index < -0.39 is 0 Å². The Morgan fingerprint density at radius 1 is 0.160 bits per heavy atom. The molecule has 4 aliphatic heterocycles. The topological polar surface area (TPSA) is 49.9 Å². The summed E-state index contributed by atoms with van der Waals surface area (Å²) < 4.78 is 27.1. The average Bonchev–Trinajstić information content (AvgIpc) is 0.729. The number of fused-ring (bicyclic) bond motifs is 15.